The van der Waals surface area contributed by atoms with Crippen molar-refractivity contribution >= 4 is 28.2 Å². The Balaban J connectivity index is 1.58. The number of carboxylic acid groups (broad SMARTS) is 1. The number of hydrogen-bond donors (Lipinski definition) is 4. The van der Waals surface area contributed by atoms with Crippen LogP contribution < -0.4 is 15.8 Å². The number of aromatic nitrogens is 2. The van der Waals surface area contributed by atoms with Gasteiger partial charge in [0.15, 0.2) is 5.82 Å². The van der Waals surface area contributed by atoms with Crippen molar-refractivity contribution in [3.8, 4) is 11.4 Å². The third kappa shape index (κ3) is 7.95. The second kappa shape index (κ2) is 12.7. The molecule has 13 heteroatoms. The van der Waals surface area contributed by atoms with Crippen molar-refractivity contribution in [1.29, 1.82) is 0 Å². The van der Waals surface area contributed by atoms with Gasteiger partial charge in [-0.3, -0.25) is 19.1 Å². The Morgan fingerprint density at radius 2 is 1.86 bits per heavy atom. The summed E-state index contributed by atoms with van der Waals surface area (Å²) in [4.78, 5) is 48.4. The maximum absolute atomic E-state index is 12.8. The minimum absolute atomic E-state index is 0.0197. The van der Waals surface area contributed by atoms with Crippen LogP contribution in [0.25, 0.3) is 11.4 Å². The van der Waals surface area contributed by atoms with E-state index in [0.717, 1.165) is 0 Å². The Kier molecular flexibility index (Phi) is 9.46. The summed E-state index contributed by atoms with van der Waals surface area (Å²) in [6.07, 6.45) is 1.11. The molecule has 37 heavy (non-hydrogen) atoms. The minimum Gasteiger partial charge on any atom is -0.481 e. The van der Waals surface area contributed by atoms with Crippen LogP contribution >= 0.6 is 0 Å². The lowest BCUT2D eigenvalue weighted by atomic mass is 9.92. The number of carbonyl (C=O) groups excluding carboxylic acids is 2. The predicted octanol–water partition coefficient (Wildman–Crippen LogP) is 1.42. The van der Waals surface area contributed by atoms with Crippen molar-refractivity contribution < 1.29 is 32.4 Å². The van der Waals surface area contributed by atoms with Crippen LogP contribution in [0.1, 0.15) is 37.2 Å². The molecular weight excluding hydrogens is 504 g/mol. The third-order valence-corrected chi connectivity index (χ3v) is 6.93. The third-order valence-electron chi connectivity index (χ3n) is 5.47. The highest BCUT2D eigenvalue weighted by atomic mass is 32.2. The normalized spacial score (nSPS) is 13.0. The number of H-pyrrole nitrogens is 1. The number of benzene rings is 2. The van der Waals surface area contributed by atoms with Crippen molar-refractivity contribution in [3.05, 3.63) is 70.7 Å². The van der Waals surface area contributed by atoms with E-state index in [1.54, 1.807) is 36.4 Å². The second-order valence-electron chi connectivity index (χ2n) is 8.18. The van der Waals surface area contributed by atoms with Crippen LogP contribution in [-0.4, -0.2) is 54.4 Å². The summed E-state index contributed by atoms with van der Waals surface area (Å²) in [7, 11) is -3.86. The fourth-order valence-electron chi connectivity index (χ4n) is 3.67. The number of sulfonamides is 1. The first-order valence-electron chi connectivity index (χ1n) is 11.4. The molecule has 196 valence electrons. The van der Waals surface area contributed by atoms with E-state index in [9.17, 15) is 27.6 Å². The molecule has 1 aromatic heterocycles. The van der Waals surface area contributed by atoms with Crippen molar-refractivity contribution in [2.75, 3.05) is 6.54 Å². The molecule has 0 bridgehead atoms. The molecule has 0 saturated carbocycles. The Morgan fingerprint density at radius 3 is 2.51 bits per heavy atom. The van der Waals surface area contributed by atoms with E-state index in [1.165, 1.54) is 18.2 Å². The van der Waals surface area contributed by atoms with Crippen LogP contribution in [0.3, 0.4) is 0 Å². The second-order valence-corrected chi connectivity index (χ2v) is 9.94. The summed E-state index contributed by atoms with van der Waals surface area (Å²) in [6, 6.07) is 13.5. The summed E-state index contributed by atoms with van der Waals surface area (Å²) in [5.41, 5.74) is 1.06. The van der Waals surface area contributed by atoms with Gasteiger partial charge in [-0.15, -0.1) is 0 Å². The molecule has 0 spiro atoms. The first-order chi connectivity index (χ1) is 17.7. The summed E-state index contributed by atoms with van der Waals surface area (Å²) in [5.74, 6) is -2.98. The first-order valence-corrected chi connectivity index (χ1v) is 12.9. The SMILES string of the molecule is O=C[C@H](CC(=O)O)NC(=O)C(CCCCNS(=O)(=O)c1cccc(-c2noc(=O)[nH]2)c1)c1ccccc1. The van der Waals surface area contributed by atoms with E-state index < -0.39 is 46.0 Å². The highest BCUT2D eigenvalue weighted by Crippen LogP contribution is 2.23. The highest BCUT2D eigenvalue weighted by molar-refractivity contribution is 7.89. The molecule has 0 aliphatic rings. The minimum atomic E-state index is -3.86. The lowest BCUT2D eigenvalue weighted by Crippen LogP contribution is -2.40. The number of aromatic amines is 1. The van der Waals surface area contributed by atoms with E-state index in [4.69, 9.17) is 5.11 Å². The number of carboxylic acids is 1. The van der Waals surface area contributed by atoms with Crippen LogP contribution in [0.4, 0.5) is 0 Å². The molecule has 0 fully saturated rings. The molecule has 0 aliphatic heterocycles. The zero-order valence-corrected chi connectivity index (χ0v) is 20.4. The fourth-order valence-corrected chi connectivity index (χ4v) is 4.79. The lowest BCUT2D eigenvalue weighted by molar-refractivity contribution is -0.138. The van der Waals surface area contributed by atoms with E-state index in [1.807, 2.05) is 0 Å². The summed E-state index contributed by atoms with van der Waals surface area (Å²) >= 11 is 0. The fraction of sp³-hybridized carbons (Fsp3) is 0.292. The van der Waals surface area contributed by atoms with Crippen LogP contribution in [0.2, 0.25) is 0 Å². The number of aliphatic carboxylic acids is 1. The van der Waals surface area contributed by atoms with Crippen LogP contribution in [0.15, 0.2) is 68.8 Å². The molecule has 3 aromatic rings. The number of aldehydes is 1. The monoisotopic (exact) mass is 530 g/mol. The number of nitrogens with zero attached hydrogens (tertiary/aromatic N) is 1. The van der Waals surface area contributed by atoms with E-state index in [0.29, 0.717) is 36.7 Å². The van der Waals surface area contributed by atoms with Crippen LogP contribution in [0.5, 0.6) is 0 Å². The van der Waals surface area contributed by atoms with Gasteiger partial charge >= 0.3 is 11.7 Å². The number of unbranched alkanes of at least 4 members (excludes halogenated alkanes) is 1. The molecule has 3 rings (SSSR count). The summed E-state index contributed by atoms with van der Waals surface area (Å²) in [5, 5.41) is 14.9. The molecule has 0 radical (unpaired) electrons. The molecule has 1 heterocycles. The summed E-state index contributed by atoms with van der Waals surface area (Å²) in [6.45, 7) is 0.104. The van der Waals surface area contributed by atoms with Gasteiger partial charge in [0.05, 0.1) is 23.3 Å². The quantitative estimate of drug-likeness (QED) is 0.176. The molecule has 4 N–H and O–H groups in total. The largest absolute Gasteiger partial charge is 0.481 e. The van der Waals surface area contributed by atoms with E-state index in [-0.39, 0.29) is 17.3 Å². The number of amides is 1. The van der Waals surface area contributed by atoms with Crippen molar-refractivity contribution in [2.24, 2.45) is 0 Å². The zero-order chi connectivity index (χ0) is 26.8. The summed E-state index contributed by atoms with van der Waals surface area (Å²) < 4.78 is 32.4. The van der Waals surface area contributed by atoms with E-state index in [2.05, 4.69) is 24.7 Å². The topological polar surface area (TPSA) is 189 Å². The van der Waals surface area contributed by atoms with Gasteiger partial charge < -0.3 is 15.2 Å². The number of rotatable bonds is 14. The molecule has 2 atom stereocenters. The van der Waals surface area contributed by atoms with Crippen molar-refractivity contribution in [2.45, 2.75) is 42.5 Å². The number of hydrogen-bond acceptors (Lipinski definition) is 8. The molecule has 2 aromatic carbocycles. The maximum atomic E-state index is 12.8. The van der Waals surface area contributed by atoms with Gasteiger partial charge in [0, 0.05) is 12.1 Å². The van der Waals surface area contributed by atoms with Gasteiger partial charge in [0.1, 0.15) is 6.29 Å². The smallest absolute Gasteiger partial charge is 0.439 e. The van der Waals surface area contributed by atoms with Gasteiger partial charge in [0.2, 0.25) is 15.9 Å². The molecular formula is C24H26N4O8S. The average Bonchev–Trinajstić information content (AvgIpc) is 3.32. The molecule has 1 amide bonds. The lowest BCUT2D eigenvalue weighted by Gasteiger charge is -2.19. The van der Waals surface area contributed by atoms with Gasteiger partial charge in [-0.05, 0) is 30.5 Å². The molecule has 0 saturated heterocycles. The van der Waals surface area contributed by atoms with Crippen LogP contribution in [-0.2, 0) is 24.4 Å². The zero-order valence-electron chi connectivity index (χ0n) is 19.6. The predicted molar refractivity (Wildman–Crippen MR) is 131 cm³/mol. The van der Waals surface area contributed by atoms with Gasteiger partial charge in [-0.25, -0.2) is 17.9 Å². The molecule has 1 unspecified atom stereocenters. The van der Waals surface area contributed by atoms with Gasteiger partial charge in [-0.1, -0.05) is 54.0 Å². The highest BCUT2D eigenvalue weighted by Gasteiger charge is 2.24. The van der Waals surface area contributed by atoms with Gasteiger partial charge in [0.25, 0.3) is 0 Å². The first kappa shape index (κ1) is 27.5. The molecule has 12 nitrogen and oxygen atoms in total. The Bertz CT molecular complexity index is 1380. The standard InChI is InChI=1S/C24H26N4O8S/c29-15-18(14-21(30)31)26-23(32)20(16-7-2-1-3-8-16)11-4-5-12-25-37(34,35)19-10-6-9-17(13-19)22-27-24(33)36-28-22/h1-3,6-10,13,15,18,20,25H,4-5,11-12,14H2,(H,26,32)(H,30,31)(H,27,28,33)/t18-,20?/m0/s1. The van der Waals surface area contributed by atoms with Gasteiger partial charge in [-0.2, -0.15) is 0 Å². The van der Waals surface area contributed by atoms with Crippen molar-refractivity contribution in [3.63, 3.8) is 0 Å². The van der Waals surface area contributed by atoms with Crippen molar-refractivity contribution in [1.82, 2.24) is 20.2 Å². The van der Waals surface area contributed by atoms with E-state index >= 15 is 0 Å². The van der Waals surface area contributed by atoms with Crippen LogP contribution in [0, 0.1) is 0 Å². The Hall–Kier alpha value is -4.10. The Labute approximate surface area is 212 Å². The molecule has 0 aliphatic carbocycles. The number of carbonyl (C=O) groups is 3. The average molecular weight is 531 g/mol. The Morgan fingerprint density at radius 1 is 1.11 bits per heavy atom. The maximum Gasteiger partial charge on any atom is 0.439 e. The number of nitrogens with one attached hydrogen (secondary N) is 3.